The molecule has 154 valence electrons. The lowest BCUT2D eigenvalue weighted by atomic mass is 9.86. The lowest BCUT2D eigenvalue weighted by molar-refractivity contribution is -0.136. The normalized spacial score (nSPS) is 27.1. The van der Waals surface area contributed by atoms with E-state index in [2.05, 4.69) is 0 Å². The first-order chi connectivity index (χ1) is 13.5. The fourth-order valence-corrected chi connectivity index (χ4v) is 6.62. The number of Topliss-reactive ketones (excluding diaryl/α,β-unsaturated/α-hetero) is 1. The molecule has 0 aromatic carbocycles. The highest BCUT2D eigenvalue weighted by Gasteiger charge is 2.50. The van der Waals surface area contributed by atoms with Crippen molar-refractivity contribution >= 4 is 21.5 Å². The first-order valence-electron chi connectivity index (χ1n) is 10.1. The molecule has 7 nitrogen and oxygen atoms in total. The van der Waals surface area contributed by atoms with Gasteiger partial charge in [0.15, 0.2) is 15.6 Å². The Morgan fingerprint density at radius 1 is 1.21 bits per heavy atom. The quantitative estimate of drug-likeness (QED) is 0.714. The number of carbonyl (C=O) groups is 2. The van der Waals surface area contributed by atoms with Crippen molar-refractivity contribution in [2.45, 2.75) is 68.1 Å². The first-order valence-corrected chi connectivity index (χ1v) is 11.9. The van der Waals surface area contributed by atoms with Gasteiger partial charge in [-0.15, -0.1) is 0 Å². The number of sulfone groups is 1. The molecule has 0 bridgehead atoms. The summed E-state index contributed by atoms with van der Waals surface area (Å²) in [7, 11) is -3.76. The van der Waals surface area contributed by atoms with Crippen LogP contribution in [0, 0.1) is 5.92 Å². The number of hydrogen-bond acceptors (Lipinski definition) is 6. The number of ketones is 1. The summed E-state index contributed by atoms with van der Waals surface area (Å²) < 4.78 is 37.1. The minimum Gasteiger partial charge on any atom is -0.468 e. The smallest absolute Gasteiger partial charge is 0.241 e. The van der Waals surface area contributed by atoms with E-state index in [-0.39, 0.29) is 30.2 Å². The molecule has 4 rings (SSSR count). The van der Waals surface area contributed by atoms with Crippen LogP contribution in [-0.4, -0.2) is 55.6 Å². The molecule has 0 radical (unpaired) electrons. The van der Waals surface area contributed by atoms with Gasteiger partial charge in [-0.25, -0.2) is 8.42 Å². The van der Waals surface area contributed by atoms with Crippen molar-refractivity contribution in [3.63, 3.8) is 0 Å². The van der Waals surface area contributed by atoms with Crippen LogP contribution in [0.5, 0.6) is 0 Å². The van der Waals surface area contributed by atoms with Crippen molar-refractivity contribution in [1.82, 2.24) is 4.90 Å². The van der Waals surface area contributed by atoms with Crippen LogP contribution in [0.25, 0.3) is 0 Å². The molecule has 0 N–H and O–H groups in total. The summed E-state index contributed by atoms with van der Waals surface area (Å²) in [5.41, 5.74) is 0. The van der Waals surface area contributed by atoms with E-state index in [0.717, 1.165) is 32.1 Å². The second-order valence-corrected chi connectivity index (χ2v) is 10.4. The highest BCUT2D eigenvalue weighted by atomic mass is 32.2. The summed E-state index contributed by atoms with van der Waals surface area (Å²) in [4.78, 5) is 27.1. The van der Waals surface area contributed by atoms with E-state index in [0.29, 0.717) is 25.1 Å². The molecular formula is C20H27NO6S. The van der Waals surface area contributed by atoms with Crippen LogP contribution in [0.4, 0.5) is 0 Å². The highest BCUT2D eigenvalue weighted by Crippen LogP contribution is 2.33. The van der Waals surface area contributed by atoms with E-state index >= 15 is 0 Å². The molecule has 28 heavy (non-hydrogen) atoms. The fourth-order valence-electron chi connectivity index (χ4n) is 4.85. The predicted octanol–water partition coefficient (Wildman–Crippen LogP) is 2.10. The first kappa shape index (κ1) is 19.6. The number of rotatable bonds is 6. The third-order valence-corrected chi connectivity index (χ3v) is 8.25. The molecule has 0 unspecified atom stereocenters. The number of carbonyl (C=O) groups excluding carboxylic acids is 2. The van der Waals surface area contributed by atoms with Crippen molar-refractivity contribution in [1.29, 1.82) is 0 Å². The maximum absolute atomic E-state index is 13.4. The van der Waals surface area contributed by atoms with E-state index < -0.39 is 27.0 Å². The van der Waals surface area contributed by atoms with Gasteiger partial charge in [0, 0.05) is 6.54 Å². The summed E-state index contributed by atoms with van der Waals surface area (Å²) in [6, 6.07) is 2.63. The molecule has 1 aromatic heterocycles. The van der Waals surface area contributed by atoms with Crippen molar-refractivity contribution in [3.8, 4) is 0 Å². The van der Waals surface area contributed by atoms with Gasteiger partial charge >= 0.3 is 0 Å². The summed E-state index contributed by atoms with van der Waals surface area (Å²) in [5.74, 6) is -0.307. The second-order valence-electron chi connectivity index (χ2n) is 8.20. The topological polar surface area (TPSA) is 93.9 Å². The maximum atomic E-state index is 13.4. The van der Waals surface area contributed by atoms with E-state index in [1.165, 1.54) is 11.2 Å². The van der Waals surface area contributed by atoms with Gasteiger partial charge in [-0.3, -0.25) is 9.59 Å². The van der Waals surface area contributed by atoms with Crippen molar-refractivity contribution in [2.24, 2.45) is 5.92 Å². The van der Waals surface area contributed by atoms with E-state index in [1.807, 2.05) is 0 Å². The van der Waals surface area contributed by atoms with Crippen LogP contribution in [-0.2, 0) is 29.9 Å². The zero-order valence-corrected chi connectivity index (χ0v) is 16.7. The second kappa shape index (κ2) is 7.99. The number of ether oxygens (including phenoxy) is 1. The maximum Gasteiger partial charge on any atom is 0.241 e. The number of likely N-dealkylation sites (tertiary alicyclic amines) is 1. The number of furan rings is 1. The zero-order chi connectivity index (χ0) is 19.7. The van der Waals surface area contributed by atoms with E-state index in [1.54, 1.807) is 12.1 Å². The standard InChI is InChI=1S/C20H27NO6S/c22-16-12-27-17-8-9-21(19(16)17)20(23)18(11-14-5-2-1-3-6-14)28(24,25)13-15-7-4-10-26-15/h4,7,10,14,17-19H,1-3,5-6,8-9,11-13H2/t17-,18+,19-/m1/s1. The minimum atomic E-state index is -3.76. The number of hydrogen-bond donors (Lipinski definition) is 0. The lowest BCUT2D eigenvalue weighted by Gasteiger charge is -2.30. The molecular weight excluding hydrogens is 382 g/mol. The molecule has 1 aromatic rings. The SMILES string of the molecule is O=C1CO[C@@H]2CCN(C(=O)[C@H](CC3CCCCC3)S(=O)(=O)Cc3ccco3)[C@H]12. The summed E-state index contributed by atoms with van der Waals surface area (Å²) in [6.07, 6.45) is 7.26. The van der Waals surface area contributed by atoms with E-state index in [4.69, 9.17) is 9.15 Å². The van der Waals surface area contributed by atoms with E-state index in [9.17, 15) is 18.0 Å². The molecule has 3 atom stereocenters. The Morgan fingerprint density at radius 2 is 2.00 bits per heavy atom. The van der Waals surface area contributed by atoms with Gasteiger partial charge in [0.05, 0.1) is 12.4 Å². The molecule has 3 aliphatic rings. The summed E-state index contributed by atoms with van der Waals surface area (Å²) in [6.45, 7) is 0.378. The van der Waals surface area contributed by atoms with Gasteiger partial charge < -0.3 is 14.1 Å². The lowest BCUT2D eigenvalue weighted by Crippen LogP contribution is -2.49. The third kappa shape index (κ3) is 3.89. The highest BCUT2D eigenvalue weighted by molar-refractivity contribution is 7.92. The van der Waals surface area contributed by atoms with Crippen LogP contribution >= 0.6 is 0 Å². The third-order valence-electron chi connectivity index (χ3n) is 6.30. The van der Waals surface area contributed by atoms with Crippen LogP contribution in [0.3, 0.4) is 0 Å². The van der Waals surface area contributed by atoms with Crippen molar-refractivity contribution in [3.05, 3.63) is 24.2 Å². The van der Waals surface area contributed by atoms with Crippen LogP contribution in [0.15, 0.2) is 22.8 Å². The van der Waals surface area contributed by atoms with Gasteiger partial charge in [0.2, 0.25) is 5.91 Å². The van der Waals surface area contributed by atoms with Crippen molar-refractivity contribution in [2.75, 3.05) is 13.2 Å². The van der Waals surface area contributed by atoms with Gasteiger partial charge in [0.25, 0.3) is 0 Å². The molecule has 1 amide bonds. The Kier molecular flexibility index (Phi) is 5.60. The van der Waals surface area contributed by atoms with Gasteiger partial charge in [0.1, 0.15) is 29.4 Å². The monoisotopic (exact) mass is 409 g/mol. The molecule has 2 aliphatic heterocycles. The molecule has 1 aliphatic carbocycles. The largest absolute Gasteiger partial charge is 0.468 e. The average Bonchev–Trinajstić information content (AvgIpc) is 3.40. The Morgan fingerprint density at radius 3 is 2.71 bits per heavy atom. The number of nitrogens with zero attached hydrogens (tertiary/aromatic N) is 1. The molecule has 3 fully saturated rings. The van der Waals surface area contributed by atoms with Gasteiger partial charge in [-0.2, -0.15) is 0 Å². The van der Waals surface area contributed by atoms with Crippen LogP contribution in [0.2, 0.25) is 0 Å². The van der Waals surface area contributed by atoms with Gasteiger partial charge in [-0.05, 0) is 30.9 Å². The molecule has 0 spiro atoms. The average molecular weight is 410 g/mol. The summed E-state index contributed by atoms with van der Waals surface area (Å²) in [5, 5.41) is -1.13. The molecule has 8 heteroatoms. The minimum absolute atomic E-state index is 0.00551. The Balaban J connectivity index is 1.58. The number of amides is 1. The Hall–Kier alpha value is -1.67. The van der Waals surface area contributed by atoms with Crippen LogP contribution in [0.1, 0.15) is 50.7 Å². The predicted molar refractivity (Wildman–Crippen MR) is 101 cm³/mol. The Bertz CT molecular complexity index is 812. The molecule has 2 saturated heterocycles. The Labute approximate surface area is 165 Å². The van der Waals surface area contributed by atoms with Gasteiger partial charge in [-0.1, -0.05) is 32.1 Å². The van der Waals surface area contributed by atoms with Crippen LogP contribution < -0.4 is 0 Å². The number of fused-ring (bicyclic) bond motifs is 1. The fraction of sp³-hybridized carbons (Fsp3) is 0.700. The zero-order valence-electron chi connectivity index (χ0n) is 15.9. The van der Waals surface area contributed by atoms with Crippen molar-refractivity contribution < 1.29 is 27.2 Å². The summed E-state index contributed by atoms with van der Waals surface area (Å²) >= 11 is 0. The molecule has 1 saturated carbocycles. The molecule has 3 heterocycles.